The van der Waals surface area contributed by atoms with Gasteiger partial charge in [0.1, 0.15) is 0 Å². The summed E-state index contributed by atoms with van der Waals surface area (Å²) in [5.41, 5.74) is 1.30. The summed E-state index contributed by atoms with van der Waals surface area (Å²) in [7, 11) is 0. The first-order valence-electron chi connectivity index (χ1n) is 7.93. The summed E-state index contributed by atoms with van der Waals surface area (Å²) >= 11 is 0. The molecule has 0 amide bonds. The minimum Gasteiger partial charge on any atom is -0.339 e. The maximum atomic E-state index is 5.62. The van der Waals surface area contributed by atoms with Crippen molar-refractivity contribution in [3.05, 3.63) is 47.6 Å². The highest BCUT2D eigenvalue weighted by Gasteiger charge is 2.45. The third kappa shape index (κ3) is 2.01. The first-order chi connectivity index (χ1) is 10.3. The third-order valence-electron chi connectivity index (χ3n) is 5.25. The van der Waals surface area contributed by atoms with Gasteiger partial charge in [0.25, 0.3) is 0 Å². The zero-order chi connectivity index (χ0) is 14.3. The highest BCUT2D eigenvalue weighted by Crippen LogP contribution is 2.48. The van der Waals surface area contributed by atoms with Crippen molar-refractivity contribution >= 4 is 0 Å². The summed E-state index contributed by atoms with van der Waals surface area (Å²) in [6.45, 7) is 3.23. The summed E-state index contributed by atoms with van der Waals surface area (Å²) in [6.07, 6.45) is 4.56. The van der Waals surface area contributed by atoms with Gasteiger partial charge < -0.3 is 9.84 Å². The number of hydrogen-bond acceptors (Lipinski definition) is 4. The van der Waals surface area contributed by atoms with Crippen LogP contribution in [0.15, 0.2) is 34.9 Å². The SMILES string of the molecule is CC1NCCC1c1nc(C2(c3ccccc3)CCC2)no1. The highest BCUT2D eigenvalue weighted by atomic mass is 16.5. The fraction of sp³-hybridized carbons (Fsp3) is 0.529. The van der Waals surface area contributed by atoms with E-state index in [1.54, 1.807) is 0 Å². The zero-order valence-electron chi connectivity index (χ0n) is 12.4. The molecule has 4 nitrogen and oxygen atoms in total. The summed E-state index contributed by atoms with van der Waals surface area (Å²) < 4.78 is 5.62. The van der Waals surface area contributed by atoms with E-state index in [0.29, 0.717) is 12.0 Å². The number of nitrogens with zero attached hydrogens (tertiary/aromatic N) is 2. The predicted molar refractivity (Wildman–Crippen MR) is 80.2 cm³/mol. The van der Waals surface area contributed by atoms with Gasteiger partial charge >= 0.3 is 0 Å². The van der Waals surface area contributed by atoms with Gasteiger partial charge in [0.05, 0.1) is 11.3 Å². The molecule has 2 fully saturated rings. The molecule has 1 aliphatic carbocycles. The van der Waals surface area contributed by atoms with Crippen LogP contribution in [0.5, 0.6) is 0 Å². The second-order valence-corrected chi connectivity index (χ2v) is 6.40. The Kier molecular flexibility index (Phi) is 3.07. The molecular weight excluding hydrogens is 262 g/mol. The van der Waals surface area contributed by atoms with Gasteiger partial charge in [-0.05, 0) is 38.3 Å². The van der Waals surface area contributed by atoms with Gasteiger partial charge in [-0.2, -0.15) is 4.98 Å². The van der Waals surface area contributed by atoms with Crippen LogP contribution in [0.2, 0.25) is 0 Å². The second kappa shape index (κ2) is 4.95. The van der Waals surface area contributed by atoms with Crippen LogP contribution in [0, 0.1) is 0 Å². The fourth-order valence-corrected chi connectivity index (χ4v) is 3.71. The van der Waals surface area contributed by atoms with E-state index in [9.17, 15) is 0 Å². The van der Waals surface area contributed by atoms with Crippen LogP contribution in [-0.4, -0.2) is 22.7 Å². The monoisotopic (exact) mass is 283 g/mol. The first-order valence-corrected chi connectivity index (χ1v) is 7.93. The predicted octanol–water partition coefficient (Wildman–Crippen LogP) is 3.01. The molecule has 1 aromatic heterocycles. The van der Waals surface area contributed by atoms with Gasteiger partial charge in [-0.1, -0.05) is 41.9 Å². The van der Waals surface area contributed by atoms with Crippen LogP contribution in [0.3, 0.4) is 0 Å². The number of hydrogen-bond donors (Lipinski definition) is 1. The van der Waals surface area contributed by atoms with E-state index in [0.717, 1.165) is 37.5 Å². The Bertz CT molecular complexity index is 618. The van der Waals surface area contributed by atoms with Crippen molar-refractivity contribution in [3.63, 3.8) is 0 Å². The van der Waals surface area contributed by atoms with Crippen LogP contribution < -0.4 is 5.32 Å². The molecule has 0 bridgehead atoms. The fourth-order valence-electron chi connectivity index (χ4n) is 3.71. The highest BCUT2D eigenvalue weighted by molar-refractivity contribution is 5.35. The Balaban J connectivity index is 1.68. The average molecular weight is 283 g/mol. The molecule has 2 aromatic rings. The second-order valence-electron chi connectivity index (χ2n) is 6.40. The molecule has 4 rings (SSSR count). The third-order valence-corrected chi connectivity index (χ3v) is 5.25. The molecule has 2 atom stereocenters. The lowest BCUT2D eigenvalue weighted by atomic mass is 9.64. The zero-order valence-corrected chi connectivity index (χ0v) is 12.4. The van der Waals surface area contributed by atoms with E-state index in [-0.39, 0.29) is 5.41 Å². The van der Waals surface area contributed by atoms with Crippen LogP contribution >= 0.6 is 0 Å². The van der Waals surface area contributed by atoms with Crippen LogP contribution in [0.1, 0.15) is 55.8 Å². The van der Waals surface area contributed by atoms with Gasteiger partial charge in [0.2, 0.25) is 5.89 Å². The lowest BCUT2D eigenvalue weighted by Crippen LogP contribution is -2.36. The molecule has 1 aliphatic heterocycles. The van der Waals surface area contributed by atoms with E-state index in [2.05, 4.69) is 47.7 Å². The van der Waals surface area contributed by atoms with E-state index in [1.807, 2.05) is 0 Å². The lowest BCUT2D eigenvalue weighted by molar-refractivity contribution is 0.269. The number of rotatable bonds is 3. The minimum absolute atomic E-state index is 0.0156. The first kappa shape index (κ1) is 13.0. The summed E-state index contributed by atoms with van der Waals surface area (Å²) in [5, 5.41) is 7.80. The number of benzene rings is 1. The standard InChI is InChI=1S/C17H21N3O/c1-12-14(8-11-18-12)15-19-16(20-21-15)17(9-5-10-17)13-6-3-2-4-7-13/h2-4,6-7,12,14,18H,5,8-11H2,1H3. The maximum absolute atomic E-state index is 5.62. The van der Waals surface area contributed by atoms with Gasteiger partial charge in [-0.3, -0.25) is 0 Å². The van der Waals surface area contributed by atoms with E-state index >= 15 is 0 Å². The maximum Gasteiger partial charge on any atom is 0.231 e. The van der Waals surface area contributed by atoms with E-state index in [4.69, 9.17) is 9.51 Å². The Hall–Kier alpha value is -1.68. The van der Waals surface area contributed by atoms with Crippen molar-refractivity contribution in [1.82, 2.24) is 15.5 Å². The molecule has 2 aliphatic rings. The van der Waals surface area contributed by atoms with Crippen LogP contribution in [0.25, 0.3) is 0 Å². The Morgan fingerprint density at radius 1 is 1.24 bits per heavy atom. The molecule has 1 N–H and O–H groups in total. The summed E-state index contributed by atoms with van der Waals surface area (Å²) in [4.78, 5) is 4.80. The molecule has 0 spiro atoms. The van der Waals surface area contributed by atoms with Crippen molar-refractivity contribution in [3.8, 4) is 0 Å². The van der Waals surface area contributed by atoms with Crippen molar-refractivity contribution in [2.45, 2.75) is 50.0 Å². The molecule has 110 valence electrons. The van der Waals surface area contributed by atoms with Crippen LogP contribution in [-0.2, 0) is 5.41 Å². The molecule has 2 heterocycles. The van der Waals surface area contributed by atoms with E-state index < -0.39 is 0 Å². The van der Waals surface area contributed by atoms with Crippen molar-refractivity contribution in [2.24, 2.45) is 0 Å². The number of aromatic nitrogens is 2. The summed E-state index contributed by atoms with van der Waals surface area (Å²) in [5.74, 6) is 2.05. The topological polar surface area (TPSA) is 51.0 Å². The Morgan fingerprint density at radius 2 is 2.05 bits per heavy atom. The summed E-state index contributed by atoms with van der Waals surface area (Å²) in [6, 6.07) is 11.1. The van der Waals surface area contributed by atoms with Crippen molar-refractivity contribution < 1.29 is 4.52 Å². The van der Waals surface area contributed by atoms with Gasteiger partial charge in [-0.15, -0.1) is 0 Å². The minimum atomic E-state index is -0.0156. The quantitative estimate of drug-likeness (QED) is 0.940. The molecule has 21 heavy (non-hydrogen) atoms. The molecule has 1 saturated carbocycles. The van der Waals surface area contributed by atoms with Gasteiger partial charge in [-0.25, -0.2) is 0 Å². The van der Waals surface area contributed by atoms with Crippen molar-refractivity contribution in [1.29, 1.82) is 0 Å². The van der Waals surface area contributed by atoms with Gasteiger partial charge in [0.15, 0.2) is 5.82 Å². The molecule has 0 radical (unpaired) electrons. The Morgan fingerprint density at radius 3 is 2.67 bits per heavy atom. The van der Waals surface area contributed by atoms with E-state index in [1.165, 1.54) is 12.0 Å². The average Bonchev–Trinajstić information content (AvgIpc) is 3.08. The normalized spacial score (nSPS) is 27.5. The molecule has 4 heteroatoms. The smallest absolute Gasteiger partial charge is 0.231 e. The molecule has 2 unspecified atom stereocenters. The van der Waals surface area contributed by atoms with Crippen molar-refractivity contribution in [2.75, 3.05) is 6.54 Å². The largest absolute Gasteiger partial charge is 0.339 e. The van der Waals surface area contributed by atoms with Gasteiger partial charge in [0, 0.05) is 6.04 Å². The molecule has 1 aromatic carbocycles. The molecular formula is C17H21N3O. The molecule has 1 saturated heterocycles. The van der Waals surface area contributed by atoms with Crippen LogP contribution in [0.4, 0.5) is 0 Å². The lowest BCUT2D eigenvalue weighted by Gasteiger charge is -2.39. The Labute approximate surface area is 124 Å². The number of nitrogens with one attached hydrogen (secondary N) is 1.